The highest BCUT2D eigenvalue weighted by molar-refractivity contribution is 7.22. The van der Waals surface area contributed by atoms with Crippen LogP contribution in [0.1, 0.15) is 17.3 Å². The number of benzene rings is 2. The number of methoxy groups -OCH3 is 1. The van der Waals surface area contributed by atoms with Crippen molar-refractivity contribution in [2.45, 2.75) is 13.0 Å². The van der Waals surface area contributed by atoms with Crippen LogP contribution in [0.25, 0.3) is 21.3 Å². The summed E-state index contributed by atoms with van der Waals surface area (Å²) in [6.45, 7) is 1.51. The monoisotopic (exact) mass is 396 g/mol. The second kappa shape index (κ2) is 7.28. The molecule has 0 bridgehead atoms. The lowest BCUT2D eigenvalue weighted by molar-refractivity contribution is -0.123. The molecule has 9 heteroatoms. The van der Waals surface area contributed by atoms with Crippen LogP contribution in [-0.4, -0.2) is 40.0 Å². The highest BCUT2D eigenvalue weighted by atomic mass is 32.1. The van der Waals surface area contributed by atoms with Crippen LogP contribution in [0.3, 0.4) is 0 Å². The number of carbonyl (C=O) groups excluding carboxylic acids is 2. The van der Waals surface area contributed by atoms with Gasteiger partial charge in [0.25, 0.3) is 5.91 Å². The number of imidazole rings is 1. The Labute approximate surface area is 163 Å². The van der Waals surface area contributed by atoms with Gasteiger partial charge >= 0.3 is 5.97 Å². The maximum absolute atomic E-state index is 12.4. The molecule has 0 saturated carbocycles. The molecule has 0 radical (unpaired) electrons. The highest BCUT2D eigenvalue weighted by Gasteiger charge is 2.20. The normalized spacial score (nSPS) is 12.1. The van der Waals surface area contributed by atoms with Gasteiger partial charge < -0.3 is 14.5 Å². The molecule has 0 saturated heterocycles. The topological polar surface area (TPSA) is 106 Å². The Kier molecular flexibility index (Phi) is 4.66. The van der Waals surface area contributed by atoms with Crippen LogP contribution in [0.2, 0.25) is 0 Å². The number of fused-ring (bicyclic) bond motifs is 2. The Bertz CT molecular complexity index is 1180. The van der Waals surface area contributed by atoms with Crippen molar-refractivity contribution in [3.63, 3.8) is 0 Å². The number of ether oxygens (including phenoxy) is 2. The Morgan fingerprint density at radius 3 is 2.82 bits per heavy atom. The van der Waals surface area contributed by atoms with Gasteiger partial charge in [-0.25, -0.2) is 14.8 Å². The first-order valence-electron chi connectivity index (χ1n) is 8.43. The van der Waals surface area contributed by atoms with Gasteiger partial charge in [-0.15, -0.1) is 0 Å². The van der Waals surface area contributed by atoms with Crippen LogP contribution in [-0.2, 0) is 9.53 Å². The summed E-state index contributed by atoms with van der Waals surface area (Å²) in [7, 11) is 1.59. The number of rotatable bonds is 5. The Morgan fingerprint density at radius 2 is 2.00 bits per heavy atom. The molecule has 0 aliphatic carbocycles. The number of esters is 1. The van der Waals surface area contributed by atoms with Crippen LogP contribution in [0.4, 0.5) is 5.13 Å². The molecule has 0 spiro atoms. The quantitative estimate of drug-likeness (QED) is 0.501. The van der Waals surface area contributed by atoms with Crippen molar-refractivity contribution in [2.75, 3.05) is 12.4 Å². The van der Waals surface area contributed by atoms with E-state index in [1.165, 1.54) is 18.3 Å². The van der Waals surface area contributed by atoms with Gasteiger partial charge in [-0.1, -0.05) is 11.3 Å². The fourth-order valence-electron chi connectivity index (χ4n) is 2.64. The van der Waals surface area contributed by atoms with Crippen molar-refractivity contribution in [1.29, 1.82) is 0 Å². The molecule has 8 nitrogen and oxygen atoms in total. The maximum Gasteiger partial charge on any atom is 0.338 e. The molecule has 142 valence electrons. The summed E-state index contributed by atoms with van der Waals surface area (Å²) >= 11 is 1.32. The maximum atomic E-state index is 12.4. The van der Waals surface area contributed by atoms with Crippen molar-refractivity contribution < 1.29 is 19.1 Å². The third-order valence-corrected chi connectivity index (χ3v) is 5.07. The zero-order valence-electron chi connectivity index (χ0n) is 15.1. The first kappa shape index (κ1) is 17.9. The standard InChI is InChI=1S/C19H16N4O4S/c1-10(27-18(25)11-3-5-13-15(7-11)21-9-20-13)17(24)23-19-22-14-6-4-12(26-2)8-16(14)28-19/h3-10H,1-2H3,(H,20,21)(H,22,23,24). The molecule has 2 heterocycles. The number of anilines is 1. The smallest absolute Gasteiger partial charge is 0.338 e. The van der Waals surface area contributed by atoms with Crippen molar-refractivity contribution >= 4 is 49.6 Å². The van der Waals surface area contributed by atoms with E-state index in [-0.39, 0.29) is 0 Å². The van der Waals surface area contributed by atoms with Crippen molar-refractivity contribution in [1.82, 2.24) is 15.0 Å². The zero-order chi connectivity index (χ0) is 19.7. The van der Waals surface area contributed by atoms with E-state index in [1.54, 1.807) is 37.7 Å². The second-order valence-corrected chi connectivity index (χ2v) is 7.05. The predicted molar refractivity (Wildman–Crippen MR) is 106 cm³/mol. The van der Waals surface area contributed by atoms with E-state index >= 15 is 0 Å². The van der Waals surface area contributed by atoms with Crippen LogP contribution >= 0.6 is 11.3 Å². The highest BCUT2D eigenvalue weighted by Crippen LogP contribution is 2.29. The minimum atomic E-state index is -0.980. The van der Waals surface area contributed by atoms with E-state index < -0.39 is 18.0 Å². The first-order chi connectivity index (χ1) is 13.5. The van der Waals surface area contributed by atoms with E-state index in [9.17, 15) is 9.59 Å². The van der Waals surface area contributed by atoms with Gasteiger partial charge in [0.05, 0.1) is 40.3 Å². The van der Waals surface area contributed by atoms with Gasteiger partial charge in [0.15, 0.2) is 11.2 Å². The Morgan fingerprint density at radius 1 is 1.18 bits per heavy atom. The number of nitrogens with one attached hydrogen (secondary N) is 2. The number of thiazole rings is 1. The van der Waals surface area contributed by atoms with Crippen molar-refractivity contribution in [3.8, 4) is 5.75 Å². The number of hydrogen-bond donors (Lipinski definition) is 2. The minimum Gasteiger partial charge on any atom is -0.497 e. The fraction of sp³-hybridized carbons (Fsp3) is 0.158. The Hall–Kier alpha value is -3.46. The third kappa shape index (κ3) is 3.52. The second-order valence-electron chi connectivity index (χ2n) is 6.02. The van der Waals surface area contributed by atoms with E-state index in [0.29, 0.717) is 16.4 Å². The molecule has 1 atom stereocenters. The summed E-state index contributed by atoms with van der Waals surface area (Å²) in [5.41, 5.74) is 2.55. The number of amides is 1. The van der Waals surface area contributed by atoms with Gasteiger partial charge in [-0.2, -0.15) is 0 Å². The van der Waals surface area contributed by atoms with Crippen LogP contribution in [0.15, 0.2) is 42.7 Å². The number of hydrogen-bond acceptors (Lipinski definition) is 7. The van der Waals surface area contributed by atoms with E-state index in [2.05, 4.69) is 20.3 Å². The number of aromatic amines is 1. The summed E-state index contributed by atoms with van der Waals surface area (Å²) in [5.74, 6) is -0.333. The molecule has 28 heavy (non-hydrogen) atoms. The molecule has 0 aliphatic rings. The van der Waals surface area contributed by atoms with E-state index in [0.717, 1.165) is 21.3 Å². The van der Waals surface area contributed by atoms with Crippen LogP contribution in [0, 0.1) is 0 Å². The Balaban J connectivity index is 1.43. The molecular weight excluding hydrogens is 380 g/mol. The summed E-state index contributed by atoms with van der Waals surface area (Å²) in [6, 6.07) is 10.4. The number of aromatic nitrogens is 3. The van der Waals surface area contributed by atoms with Crippen LogP contribution in [0.5, 0.6) is 5.75 Å². The summed E-state index contributed by atoms with van der Waals surface area (Å²) in [6.07, 6.45) is 0.565. The number of carbonyl (C=O) groups is 2. The van der Waals surface area contributed by atoms with Gasteiger partial charge in [0.1, 0.15) is 5.75 Å². The molecule has 2 aromatic carbocycles. The molecule has 0 aliphatic heterocycles. The van der Waals surface area contributed by atoms with E-state index in [1.807, 2.05) is 12.1 Å². The molecule has 4 aromatic rings. The molecule has 0 fully saturated rings. The SMILES string of the molecule is COc1ccc2nc(NC(=O)C(C)OC(=O)c3ccc4nc[nH]c4c3)sc2c1. The molecule has 2 N–H and O–H groups in total. The number of H-pyrrole nitrogens is 1. The van der Waals surface area contributed by atoms with Gasteiger partial charge in [-0.05, 0) is 43.3 Å². The minimum absolute atomic E-state index is 0.337. The van der Waals surface area contributed by atoms with E-state index in [4.69, 9.17) is 9.47 Å². The summed E-state index contributed by atoms with van der Waals surface area (Å²) < 4.78 is 11.3. The molecule has 2 aromatic heterocycles. The third-order valence-electron chi connectivity index (χ3n) is 4.13. The molecular formula is C19H16N4O4S. The fourth-order valence-corrected chi connectivity index (χ4v) is 3.53. The average Bonchev–Trinajstić information content (AvgIpc) is 3.32. The van der Waals surface area contributed by atoms with Gasteiger partial charge in [-0.3, -0.25) is 10.1 Å². The van der Waals surface area contributed by atoms with Crippen molar-refractivity contribution in [2.24, 2.45) is 0 Å². The summed E-state index contributed by atoms with van der Waals surface area (Å²) in [5, 5.41) is 3.11. The van der Waals surface area contributed by atoms with Crippen LogP contribution < -0.4 is 10.1 Å². The summed E-state index contributed by atoms with van der Waals surface area (Å²) in [4.78, 5) is 36.1. The zero-order valence-corrected chi connectivity index (χ0v) is 15.9. The number of nitrogens with zero attached hydrogens (tertiary/aromatic N) is 2. The predicted octanol–water partition coefficient (Wildman–Crippen LogP) is 3.37. The van der Waals surface area contributed by atoms with Gasteiger partial charge in [0.2, 0.25) is 0 Å². The van der Waals surface area contributed by atoms with Crippen molar-refractivity contribution in [3.05, 3.63) is 48.3 Å². The largest absolute Gasteiger partial charge is 0.497 e. The average molecular weight is 396 g/mol. The molecule has 1 unspecified atom stereocenters. The first-order valence-corrected chi connectivity index (χ1v) is 9.24. The lowest BCUT2D eigenvalue weighted by atomic mass is 10.2. The molecule has 1 amide bonds. The lowest BCUT2D eigenvalue weighted by Crippen LogP contribution is -2.29. The molecule has 4 rings (SSSR count). The van der Waals surface area contributed by atoms with Gasteiger partial charge in [0, 0.05) is 0 Å². The lowest BCUT2D eigenvalue weighted by Gasteiger charge is -2.12.